The van der Waals surface area contributed by atoms with Gasteiger partial charge >= 0.3 is 0 Å². The average molecular weight is 328 g/mol. The number of amides is 1. The molecule has 1 aromatic rings. The molecular weight excluding hydrogens is 306 g/mol. The van der Waals surface area contributed by atoms with Crippen molar-refractivity contribution in [3.63, 3.8) is 0 Å². The lowest BCUT2D eigenvalue weighted by molar-refractivity contribution is 0.0884. The summed E-state index contributed by atoms with van der Waals surface area (Å²) in [5.41, 5.74) is 1.59. The van der Waals surface area contributed by atoms with Crippen LogP contribution in [0.3, 0.4) is 0 Å². The number of aryl methyl sites for hydroxylation is 1. The van der Waals surface area contributed by atoms with E-state index < -0.39 is 0 Å². The van der Waals surface area contributed by atoms with Gasteiger partial charge in [-0.1, -0.05) is 32.4 Å². The van der Waals surface area contributed by atoms with E-state index in [1.807, 2.05) is 25.1 Å². The van der Waals surface area contributed by atoms with Crippen LogP contribution < -0.4 is 5.32 Å². The third-order valence-electron chi connectivity index (χ3n) is 3.13. The van der Waals surface area contributed by atoms with Crippen molar-refractivity contribution in [2.45, 2.75) is 40.2 Å². The Kier molecular flexibility index (Phi) is 5.56. The fourth-order valence-electron chi connectivity index (χ4n) is 1.90. The van der Waals surface area contributed by atoms with Crippen LogP contribution in [0.25, 0.3) is 0 Å². The molecule has 0 aliphatic rings. The van der Waals surface area contributed by atoms with Crippen LogP contribution in [0.4, 0.5) is 0 Å². The molecule has 1 aromatic carbocycles. The Balaban J connectivity index is 2.91. The van der Waals surface area contributed by atoms with Gasteiger partial charge < -0.3 is 10.4 Å². The number of carbonyl (C=O) groups excluding carboxylic acids is 1. The first kappa shape index (κ1) is 16.2. The predicted octanol–water partition coefficient (Wildman–Crippen LogP) is 3.28. The van der Waals surface area contributed by atoms with Crippen LogP contribution >= 0.6 is 15.9 Å². The maximum Gasteiger partial charge on any atom is 0.252 e. The number of halogens is 1. The van der Waals surface area contributed by atoms with Crippen LogP contribution in [0.1, 0.15) is 43.1 Å². The lowest BCUT2D eigenvalue weighted by Crippen LogP contribution is -2.44. The summed E-state index contributed by atoms with van der Waals surface area (Å²) in [6, 6.07) is 5.63. The van der Waals surface area contributed by atoms with Crippen LogP contribution in [0.2, 0.25) is 0 Å². The molecule has 0 fully saturated rings. The summed E-state index contributed by atoms with van der Waals surface area (Å²) in [6.07, 6.45) is 0.554. The number of nitrogens with one attached hydrogen (secondary N) is 1. The third-order valence-corrected chi connectivity index (χ3v) is 3.83. The van der Waals surface area contributed by atoms with E-state index in [1.165, 1.54) is 0 Å². The number of rotatable bonds is 4. The quantitative estimate of drug-likeness (QED) is 0.891. The summed E-state index contributed by atoms with van der Waals surface area (Å²) < 4.78 is 0.784. The van der Waals surface area contributed by atoms with Gasteiger partial charge in [-0.2, -0.15) is 0 Å². The van der Waals surface area contributed by atoms with Crippen LogP contribution in [-0.2, 0) is 0 Å². The molecule has 1 atom stereocenters. The zero-order valence-electron chi connectivity index (χ0n) is 12.0. The van der Waals surface area contributed by atoms with Gasteiger partial charge in [0.2, 0.25) is 0 Å². The van der Waals surface area contributed by atoms with Gasteiger partial charge in [0.15, 0.2) is 0 Å². The number of benzene rings is 1. The van der Waals surface area contributed by atoms with Gasteiger partial charge in [-0.3, -0.25) is 4.79 Å². The molecule has 0 radical (unpaired) electrons. The predicted molar refractivity (Wildman–Crippen MR) is 81.3 cm³/mol. The third kappa shape index (κ3) is 4.62. The van der Waals surface area contributed by atoms with Gasteiger partial charge in [0, 0.05) is 17.1 Å². The highest BCUT2D eigenvalue weighted by molar-refractivity contribution is 9.10. The van der Waals surface area contributed by atoms with E-state index in [0.29, 0.717) is 12.0 Å². The number of aliphatic hydroxyl groups excluding tert-OH is 1. The molecule has 0 bridgehead atoms. The molecule has 1 amide bonds. The largest absolute Gasteiger partial charge is 0.396 e. The van der Waals surface area contributed by atoms with Gasteiger partial charge in [0.1, 0.15) is 0 Å². The second kappa shape index (κ2) is 6.53. The van der Waals surface area contributed by atoms with E-state index in [9.17, 15) is 4.79 Å². The fraction of sp³-hybridized carbons (Fsp3) is 0.533. The Bertz CT molecular complexity index is 452. The second-order valence-corrected chi connectivity index (χ2v) is 6.74. The van der Waals surface area contributed by atoms with Crippen LogP contribution in [-0.4, -0.2) is 23.7 Å². The first-order chi connectivity index (χ1) is 8.75. The molecule has 0 saturated carbocycles. The molecule has 0 aliphatic carbocycles. The Morgan fingerprint density at radius 2 is 2.05 bits per heavy atom. The van der Waals surface area contributed by atoms with Crippen molar-refractivity contribution in [1.82, 2.24) is 5.32 Å². The van der Waals surface area contributed by atoms with Crippen LogP contribution in [0, 0.1) is 12.3 Å². The van der Waals surface area contributed by atoms with Crippen molar-refractivity contribution in [1.29, 1.82) is 0 Å². The number of hydrogen-bond donors (Lipinski definition) is 2. The van der Waals surface area contributed by atoms with Crippen molar-refractivity contribution >= 4 is 21.8 Å². The van der Waals surface area contributed by atoms with Gasteiger partial charge in [0.05, 0.1) is 5.56 Å². The van der Waals surface area contributed by atoms with E-state index >= 15 is 0 Å². The molecule has 0 saturated heterocycles. The Morgan fingerprint density at radius 3 is 2.58 bits per heavy atom. The molecule has 3 nitrogen and oxygen atoms in total. The van der Waals surface area contributed by atoms with E-state index in [0.717, 1.165) is 10.0 Å². The molecule has 0 aliphatic heterocycles. The number of aliphatic hydroxyl groups is 1. The van der Waals surface area contributed by atoms with Crippen molar-refractivity contribution in [3.8, 4) is 0 Å². The smallest absolute Gasteiger partial charge is 0.252 e. The Labute approximate surface area is 123 Å². The minimum Gasteiger partial charge on any atom is -0.396 e. The monoisotopic (exact) mass is 327 g/mol. The van der Waals surface area contributed by atoms with Gasteiger partial charge in [-0.15, -0.1) is 0 Å². The minimum absolute atomic E-state index is 0.0580. The lowest BCUT2D eigenvalue weighted by atomic mass is 9.84. The van der Waals surface area contributed by atoms with E-state index in [-0.39, 0.29) is 24.0 Å². The molecule has 1 unspecified atom stereocenters. The molecule has 19 heavy (non-hydrogen) atoms. The molecule has 2 N–H and O–H groups in total. The second-order valence-electron chi connectivity index (χ2n) is 5.89. The highest BCUT2D eigenvalue weighted by Crippen LogP contribution is 2.23. The topological polar surface area (TPSA) is 49.3 Å². The van der Waals surface area contributed by atoms with Crippen molar-refractivity contribution < 1.29 is 9.90 Å². The SMILES string of the molecule is Cc1ccc(Br)c(C(=O)NC(CCO)C(C)(C)C)c1. The summed E-state index contributed by atoms with van der Waals surface area (Å²) >= 11 is 3.40. The van der Waals surface area contributed by atoms with Gasteiger partial charge in [-0.25, -0.2) is 0 Å². The van der Waals surface area contributed by atoms with Gasteiger partial charge in [-0.05, 0) is 46.8 Å². The standard InChI is InChI=1S/C15H22BrNO2/c1-10-5-6-12(16)11(9-10)14(19)17-13(7-8-18)15(2,3)4/h5-6,9,13,18H,7-8H2,1-4H3,(H,17,19). The molecule has 0 spiro atoms. The molecule has 0 heterocycles. The normalized spacial score (nSPS) is 13.2. The zero-order valence-corrected chi connectivity index (χ0v) is 13.5. The van der Waals surface area contributed by atoms with Crippen LogP contribution in [0.15, 0.2) is 22.7 Å². The van der Waals surface area contributed by atoms with Crippen LogP contribution in [0.5, 0.6) is 0 Å². The Morgan fingerprint density at radius 1 is 1.42 bits per heavy atom. The summed E-state index contributed by atoms with van der Waals surface area (Å²) in [6.45, 7) is 8.19. The first-order valence-corrected chi connectivity index (χ1v) is 7.23. The molecule has 0 aromatic heterocycles. The highest BCUT2D eigenvalue weighted by Gasteiger charge is 2.26. The highest BCUT2D eigenvalue weighted by atomic mass is 79.9. The van der Waals surface area contributed by atoms with Crippen molar-refractivity contribution in [2.75, 3.05) is 6.61 Å². The zero-order chi connectivity index (χ0) is 14.6. The van der Waals surface area contributed by atoms with E-state index in [1.54, 1.807) is 0 Å². The van der Waals surface area contributed by atoms with E-state index in [2.05, 4.69) is 42.0 Å². The van der Waals surface area contributed by atoms with Gasteiger partial charge in [0.25, 0.3) is 5.91 Å². The molecule has 1 rings (SSSR count). The number of hydrogen-bond acceptors (Lipinski definition) is 2. The molecular formula is C15H22BrNO2. The lowest BCUT2D eigenvalue weighted by Gasteiger charge is -2.31. The molecule has 106 valence electrons. The van der Waals surface area contributed by atoms with Crippen molar-refractivity contribution in [3.05, 3.63) is 33.8 Å². The summed E-state index contributed by atoms with van der Waals surface area (Å²) in [5, 5.41) is 12.1. The summed E-state index contributed by atoms with van der Waals surface area (Å²) in [7, 11) is 0. The minimum atomic E-state index is -0.107. The summed E-state index contributed by atoms with van der Waals surface area (Å²) in [4.78, 5) is 12.3. The molecule has 4 heteroatoms. The fourth-order valence-corrected chi connectivity index (χ4v) is 2.33. The average Bonchev–Trinajstić information content (AvgIpc) is 2.30. The maximum atomic E-state index is 12.3. The first-order valence-electron chi connectivity index (χ1n) is 6.43. The van der Waals surface area contributed by atoms with E-state index in [4.69, 9.17) is 5.11 Å². The maximum absolute atomic E-state index is 12.3. The number of carbonyl (C=O) groups is 1. The summed E-state index contributed by atoms with van der Waals surface area (Å²) in [5.74, 6) is -0.107. The Hall–Kier alpha value is -0.870. The van der Waals surface area contributed by atoms with Crippen molar-refractivity contribution in [2.24, 2.45) is 5.41 Å².